The van der Waals surface area contributed by atoms with Crippen molar-refractivity contribution in [1.82, 2.24) is 0 Å². The second-order valence-corrected chi connectivity index (χ2v) is 12.0. The average molecular weight is 443 g/mol. The quantitative estimate of drug-likeness (QED) is 0.637. The Morgan fingerprint density at radius 1 is 1.03 bits per heavy atom. The third-order valence-corrected chi connectivity index (χ3v) is 10.9. The molecule has 4 fully saturated rings. The third kappa shape index (κ3) is 2.85. The van der Waals surface area contributed by atoms with Crippen molar-refractivity contribution in [2.24, 2.45) is 28.1 Å². The monoisotopic (exact) mass is 442 g/mol. The van der Waals surface area contributed by atoms with Gasteiger partial charge in [-0.1, -0.05) is 33.6 Å². The molecule has 1 N–H and O–H groups in total. The van der Waals surface area contributed by atoms with E-state index in [4.69, 9.17) is 9.15 Å². The van der Waals surface area contributed by atoms with Gasteiger partial charge in [0.2, 0.25) is 0 Å². The number of fused-ring (bicyclic) bond motifs is 5. The minimum absolute atomic E-state index is 0.186. The summed E-state index contributed by atoms with van der Waals surface area (Å²) in [4.78, 5) is 23.6. The van der Waals surface area contributed by atoms with Crippen LogP contribution in [0.1, 0.15) is 97.0 Å². The highest BCUT2D eigenvalue weighted by Crippen LogP contribution is 2.73. The maximum Gasteiger partial charge on any atom is 0.335 e. The molecule has 0 unspecified atom stereocenters. The van der Waals surface area contributed by atoms with Gasteiger partial charge in [-0.2, -0.15) is 0 Å². The van der Waals surface area contributed by atoms with Crippen LogP contribution in [0.5, 0.6) is 0 Å². The minimum atomic E-state index is -0.904. The zero-order chi connectivity index (χ0) is 22.9. The van der Waals surface area contributed by atoms with Gasteiger partial charge >= 0.3 is 11.6 Å². The average Bonchev–Trinajstić information content (AvgIpc) is 2.95. The van der Waals surface area contributed by atoms with Gasteiger partial charge in [0.05, 0.1) is 11.9 Å². The second-order valence-electron chi connectivity index (χ2n) is 12.0. The van der Waals surface area contributed by atoms with E-state index < -0.39 is 22.7 Å². The zero-order valence-electron chi connectivity index (χ0n) is 20.0. The van der Waals surface area contributed by atoms with Crippen LogP contribution in [0.4, 0.5) is 0 Å². The molecule has 0 saturated heterocycles. The molecular weight excluding hydrogens is 404 g/mol. The molecule has 0 aromatic carbocycles. The fourth-order valence-corrected chi connectivity index (χ4v) is 9.04. The van der Waals surface area contributed by atoms with Crippen molar-refractivity contribution in [3.8, 4) is 0 Å². The molecule has 0 radical (unpaired) electrons. The van der Waals surface area contributed by atoms with Gasteiger partial charge in [0.25, 0.3) is 0 Å². The highest BCUT2D eigenvalue weighted by molar-refractivity contribution is 5.66. The SMILES string of the molecule is CC(=O)O[C@H]1C[C@]2(O)[C@@H]3CC[C@@]4(C)CCCC[C@]4(C)[C@H]3CC[C@]2(C)[C@@H]1c1ccc(=O)oc1. The van der Waals surface area contributed by atoms with Crippen molar-refractivity contribution in [2.75, 3.05) is 0 Å². The predicted octanol–water partition coefficient (Wildman–Crippen LogP) is 5.20. The number of esters is 1. The fraction of sp³-hybridized carbons (Fsp3) is 0.778. The standard InChI is InChI=1S/C27H38O5/c1-17(28)32-21-15-27(30)20-9-13-24(2)11-5-6-12-25(24,3)19(20)10-14-26(27,4)23(21)18-7-8-22(29)31-16-18/h7-8,16,19-21,23,30H,5-6,9-15H2,1-4H3/t19-,20+,21-,23+,24+,25+,26+,27-/m0/s1. The van der Waals surface area contributed by atoms with E-state index in [0.717, 1.165) is 31.2 Å². The van der Waals surface area contributed by atoms with Crippen LogP contribution in [0.2, 0.25) is 0 Å². The zero-order valence-corrected chi connectivity index (χ0v) is 20.0. The number of carbonyl (C=O) groups is 1. The van der Waals surface area contributed by atoms with Gasteiger partial charge in [-0.15, -0.1) is 0 Å². The number of rotatable bonds is 2. The minimum Gasteiger partial charge on any atom is -0.462 e. The molecule has 4 saturated carbocycles. The molecule has 0 spiro atoms. The summed E-state index contributed by atoms with van der Waals surface area (Å²) in [5, 5.41) is 12.5. The lowest BCUT2D eigenvalue weighted by Gasteiger charge is -2.66. The van der Waals surface area contributed by atoms with Crippen LogP contribution in [-0.2, 0) is 9.53 Å². The van der Waals surface area contributed by atoms with E-state index in [1.54, 1.807) is 6.07 Å². The molecule has 0 bridgehead atoms. The molecule has 5 heteroatoms. The first kappa shape index (κ1) is 22.2. The van der Waals surface area contributed by atoms with Crippen molar-refractivity contribution in [2.45, 2.75) is 103 Å². The molecular formula is C27H38O5. The Hall–Kier alpha value is -1.62. The Bertz CT molecular complexity index is 949. The first-order valence-electron chi connectivity index (χ1n) is 12.5. The summed E-state index contributed by atoms with van der Waals surface area (Å²) in [6.07, 6.45) is 10.9. The number of hydrogen-bond acceptors (Lipinski definition) is 5. The summed E-state index contributed by atoms with van der Waals surface area (Å²) in [5.74, 6) is 0.186. The predicted molar refractivity (Wildman–Crippen MR) is 121 cm³/mol. The van der Waals surface area contributed by atoms with Crippen LogP contribution in [0, 0.1) is 28.1 Å². The number of hydrogen-bond donors (Lipinski definition) is 1. The van der Waals surface area contributed by atoms with Gasteiger partial charge in [0.15, 0.2) is 0 Å². The van der Waals surface area contributed by atoms with E-state index in [0.29, 0.717) is 17.8 Å². The number of aliphatic hydroxyl groups is 1. The van der Waals surface area contributed by atoms with Crippen LogP contribution in [0.3, 0.4) is 0 Å². The normalized spacial score (nSPS) is 47.8. The molecule has 1 heterocycles. The highest BCUT2D eigenvalue weighted by Gasteiger charge is 2.71. The third-order valence-electron chi connectivity index (χ3n) is 10.9. The van der Waals surface area contributed by atoms with Crippen LogP contribution in [-0.4, -0.2) is 22.8 Å². The van der Waals surface area contributed by atoms with Gasteiger partial charge in [0, 0.05) is 30.7 Å². The van der Waals surface area contributed by atoms with Crippen molar-refractivity contribution >= 4 is 5.97 Å². The summed E-state index contributed by atoms with van der Waals surface area (Å²) in [6.45, 7) is 8.61. The largest absolute Gasteiger partial charge is 0.462 e. The van der Waals surface area contributed by atoms with Crippen LogP contribution in [0.25, 0.3) is 0 Å². The van der Waals surface area contributed by atoms with E-state index in [-0.39, 0.29) is 23.2 Å². The van der Waals surface area contributed by atoms with Gasteiger partial charge in [-0.3, -0.25) is 4.79 Å². The lowest BCUT2D eigenvalue weighted by atomic mass is 9.39. The van der Waals surface area contributed by atoms with Crippen LogP contribution >= 0.6 is 0 Å². The lowest BCUT2D eigenvalue weighted by Crippen LogP contribution is -2.63. The lowest BCUT2D eigenvalue weighted by molar-refractivity contribution is -0.219. The smallest absolute Gasteiger partial charge is 0.335 e. The molecule has 5 nitrogen and oxygen atoms in total. The van der Waals surface area contributed by atoms with E-state index in [1.807, 2.05) is 0 Å². The topological polar surface area (TPSA) is 76.7 Å². The van der Waals surface area contributed by atoms with Gasteiger partial charge < -0.3 is 14.3 Å². The van der Waals surface area contributed by atoms with Crippen LogP contribution in [0.15, 0.2) is 27.6 Å². The van der Waals surface area contributed by atoms with E-state index in [9.17, 15) is 14.7 Å². The van der Waals surface area contributed by atoms with E-state index in [1.165, 1.54) is 44.9 Å². The van der Waals surface area contributed by atoms with Crippen LogP contribution < -0.4 is 5.63 Å². The summed E-state index contributed by atoms with van der Waals surface area (Å²) in [6, 6.07) is 3.22. The summed E-state index contributed by atoms with van der Waals surface area (Å²) < 4.78 is 11.1. The Morgan fingerprint density at radius 2 is 1.75 bits per heavy atom. The molecule has 1 aromatic rings. The summed E-state index contributed by atoms with van der Waals surface area (Å²) in [5.41, 5.74) is -0.285. The van der Waals surface area contributed by atoms with Crippen molar-refractivity contribution in [3.63, 3.8) is 0 Å². The first-order valence-corrected chi connectivity index (χ1v) is 12.5. The second kappa shape index (κ2) is 7.19. The Labute approximate surface area is 190 Å². The van der Waals surface area contributed by atoms with E-state index in [2.05, 4.69) is 20.8 Å². The van der Waals surface area contributed by atoms with Crippen molar-refractivity contribution < 1.29 is 19.1 Å². The molecule has 0 amide bonds. The molecule has 32 heavy (non-hydrogen) atoms. The van der Waals surface area contributed by atoms with Gasteiger partial charge in [0.1, 0.15) is 6.10 Å². The number of ether oxygens (including phenoxy) is 1. The maximum absolute atomic E-state index is 12.5. The maximum atomic E-state index is 12.5. The highest BCUT2D eigenvalue weighted by atomic mass is 16.5. The Morgan fingerprint density at radius 3 is 2.44 bits per heavy atom. The molecule has 176 valence electrons. The Kier molecular flexibility index (Phi) is 4.98. The first-order chi connectivity index (χ1) is 15.0. The fourth-order valence-electron chi connectivity index (χ4n) is 9.04. The van der Waals surface area contributed by atoms with Crippen molar-refractivity contribution in [1.29, 1.82) is 0 Å². The molecule has 4 aliphatic carbocycles. The molecule has 8 atom stereocenters. The molecule has 0 aliphatic heterocycles. The van der Waals surface area contributed by atoms with Crippen molar-refractivity contribution in [3.05, 3.63) is 34.4 Å². The number of carbonyl (C=O) groups excluding carboxylic acids is 1. The Balaban J connectivity index is 1.57. The van der Waals surface area contributed by atoms with Gasteiger partial charge in [-0.05, 0) is 72.8 Å². The summed E-state index contributed by atoms with van der Waals surface area (Å²) in [7, 11) is 0. The van der Waals surface area contributed by atoms with Gasteiger partial charge in [-0.25, -0.2) is 4.79 Å². The molecule has 5 rings (SSSR count). The molecule has 1 aromatic heterocycles. The molecule has 4 aliphatic rings. The van der Waals surface area contributed by atoms with E-state index >= 15 is 0 Å². The summed E-state index contributed by atoms with van der Waals surface area (Å²) >= 11 is 0.